The Bertz CT molecular complexity index is 704. The average Bonchev–Trinajstić information content (AvgIpc) is 2.51. The van der Waals surface area contributed by atoms with Gasteiger partial charge >= 0.3 is 0 Å². The smallest absolute Gasteiger partial charge is 0.257 e. The quantitative estimate of drug-likeness (QED) is 0.801. The Morgan fingerprint density at radius 3 is 2.50 bits per heavy atom. The van der Waals surface area contributed by atoms with Gasteiger partial charge in [0.1, 0.15) is 11.6 Å². The fourth-order valence-electron chi connectivity index (χ4n) is 1.68. The molecule has 2 N–H and O–H groups in total. The second-order valence-electron chi connectivity index (χ2n) is 4.40. The normalized spacial score (nSPS) is 9.95. The van der Waals surface area contributed by atoms with E-state index in [1.807, 2.05) is 13.0 Å². The first-order valence-electron chi connectivity index (χ1n) is 6.39. The molecule has 0 spiro atoms. The van der Waals surface area contributed by atoms with Crippen LogP contribution in [-0.2, 0) is 0 Å². The summed E-state index contributed by atoms with van der Waals surface area (Å²) in [6, 6.07) is 10.4. The van der Waals surface area contributed by atoms with Gasteiger partial charge in [0.2, 0.25) is 0 Å². The highest BCUT2D eigenvalue weighted by molar-refractivity contribution is 9.10. The van der Waals surface area contributed by atoms with E-state index >= 15 is 0 Å². The van der Waals surface area contributed by atoms with E-state index in [1.165, 1.54) is 0 Å². The molecule has 0 aliphatic rings. The molecule has 1 heterocycles. The van der Waals surface area contributed by atoms with Crippen molar-refractivity contribution in [3.8, 4) is 5.75 Å². The minimum Gasteiger partial charge on any atom is -0.497 e. The molecule has 22 heavy (non-hydrogen) atoms. The minimum absolute atomic E-state index is 0.190. The van der Waals surface area contributed by atoms with Crippen LogP contribution in [0, 0.1) is 6.92 Å². The van der Waals surface area contributed by atoms with Gasteiger partial charge in [-0.05, 0) is 71.5 Å². The molecule has 0 radical (unpaired) electrons. The molecule has 0 unspecified atom stereocenters. The summed E-state index contributed by atoms with van der Waals surface area (Å²) in [5.41, 5.74) is 1.32. The fraction of sp³-hybridized carbons (Fsp3) is 0.133. The number of halogens is 1. The Labute approximate surface area is 142 Å². The van der Waals surface area contributed by atoms with E-state index in [9.17, 15) is 4.79 Å². The molecule has 0 saturated carbocycles. The first kappa shape index (κ1) is 16.4. The molecule has 0 fully saturated rings. The molecule has 0 atom stereocenters. The molecule has 5 nitrogen and oxygen atoms in total. The van der Waals surface area contributed by atoms with Crippen molar-refractivity contribution in [2.75, 3.05) is 12.4 Å². The van der Waals surface area contributed by atoms with Crippen LogP contribution in [0.4, 0.5) is 5.82 Å². The maximum Gasteiger partial charge on any atom is 0.257 e. The van der Waals surface area contributed by atoms with Crippen LogP contribution in [-0.4, -0.2) is 23.1 Å². The lowest BCUT2D eigenvalue weighted by molar-refractivity contribution is 0.0977. The first-order chi connectivity index (χ1) is 10.5. The lowest BCUT2D eigenvalue weighted by Gasteiger charge is -2.10. The number of methoxy groups -OCH3 is 1. The number of carbonyl (C=O) groups is 1. The fourth-order valence-corrected chi connectivity index (χ4v) is 2.10. The van der Waals surface area contributed by atoms with Crippen LogP contribution < -0.4 is 15.4 Å². The Morgan fingerprint density at radius 2 is 1.91 bits per heavy atom. The number of aromatic nitrogens is 1. The van der Waals surface area contributed by atoms with Gasteiger partial charge < -0.3 is 10.1 Å². The van der Waals surface area contributed by atoms with Crippen LogP contribution in [0.15, 0.2) is 40.9 Å². The summed E-state index contributed by atoms with van der Waals surface area (Å²) in [6.45, 7) is 1.87. The van der Waals surface area contributed by atoms with Gasteiger partial charge in [0.15, 0.2) is 5.11 Å². The molecule has 114 valence electrons. The van der Waals surface area contributed by atoms with Crippen LogP contribution >= 0.6 is 28.1 Å². The Hall–Kier alpha value is -1.99. The number of amides is 1. The summed E-state index contributed by atoms with van der Waals surface area (Å²) >= 11 is 8.49. The van der Waals surface area contributed by atoms with Crippen molar-refractivity contribution in [2.24, 2.45) is 0 Å². The van der Waals surface area contributed by atoms with E-state index in [4.69, 9.17) is 17.0 Å². The molecule has 7 heteroatoms. The number of pyridine rings is 1. The van der Waals surface area contributed by atoms with Gasteiger partial charge in [-0.1, -0.05) is 0 Å². The van der Waals surface area contributed by atoms with Crippen molar-refractivity contribution in [1.29, 1.82) is 0 Å². The molecule has 0 saturated heterocycles. The molecule has 2 aromatic rings. The van der Waals surface area contributed by atoms with E-state index in [2.05, 4.69) is 31.5 Å². The van der Waals surface area contributed by atoms with Crippen LogP contribution in [0.3, 0.4) is 0 Å². The van der Waals surface area contributed by atoms with Crippen LogP contribution in [0.2, 0.25) is 0 Å². The van der Waals surface area contributed by atoms with Gasteiger partial charge in [-0.3, -0.25) is 10.1 Å². The third-order valence-electron chi connectivity index (χ3n) is 2.84. The number of nitrogens with one attached hydrogen (secondary N) is 2. The monoisotopic (exact) mass is 379 g/mol. The molecule has 1 aromatic carbocycles. The number of hydrogen-bond acceptors (Lipinski definition) is 4. The number of nitrogens with zero attached hydrogens (tertiary/aromatic N) is 1. The van der Waals surface area contributed by atoms with Gasteiger partial charge in [0.05, 0.1) is 12.8 Å². The standard InChI is InChI=1S/C15H14BrN3O2S/c1-9-12(16)7-8-13(17-9)18-15(22)19-14(20)10-3-5-11(21-2)6-4-10/h3-8H,1-2H3,(H2,17,18,19,20,22). The van der Waals surface area contributed by atoms with Gasteiger partial charge in [-0.15, -0.1) is 0 Å². The number of thiocarbonyl (C=S) groups is 1. The zero-order valence-corrected chi connectivity index (χ0v) is 14.4. The lowest BCUT2D eigenvalue weighted by Crippen LogP contribution is -2.34. The van der Waals surface area contributed by atoms with Gasteiger partial charge in [-0.2, -0.15) is 0 Å². The van der Waals surface area contributed by atoms with E-state index < -0.39 is 0 Å². The van der Waals surface area contributed by atoms with E-state index in [0.29, 0.717) is 17.1 Å². The number of carbonyl (C=O) groups excluding carboxylic acids is 1. The first-order valence-corrected chi connectivity index (χ1v) is 7.59. The number of rotatable bonds is 3. The lowest BCUT2D eigenvalue weighted by atomic mass is 10.2. The third-order valence-corrected chi connectivity index (χ3v) is 3.88. The van der Waals surface area contributed by atoms with E-state index in [1.54, 1.807) is 37.4 Å². The molecule has 0 aliphatic heterocycles. The van der Waals surface area contributed by atoms with Crippen molar-refractivity contribution in [2.45, 2.75) is 6.92 Å². The average molecular weight is 380 g/mol. The number of anilines is 1. The summed E-state index contributed by atoms with van der Waals surface area (Å²) in [5, 5.41) is 5.67. The molecule has 1 amide bonds. The Balaban J connectivity index is 1.98. The predicted octanol–water partition coefficient (Wildman–Crippen LogP) is 3.29. The molecule has 0 bridgehead atoms. The summed E-state index contributed by atoms with van der Waals surface area (Å²) in [7, 11) is 1.57. The summed E-state index contributed by atoms with van der Waals surface area (Å²) in [5.74, 6) is 0.960. The maximum absolute atomic E-state index is 12.1. The van der Waals surface area contributed by atoms with Gasteiger partial charge in [0, 0.05) is 10.0 Å². The molecular formula is C15H14BrN3O2S. The van der Waals surface area contributed by atoms with Crippen LogP contribution in [0.25, 0.3) is 0 Å². The highest BCUT2D eigenvalue weighted by Gasteiger charge is 2.09. The van der Waals surface area contributed by atoms with Crippen LogP contribution in [0.5, 0.6) is 5.75 Å². The van der Waals surface area contributed by atoms with Crippen molar-refractivity contribution in [1.82, 2.24) is 10.3 Å². The zero-order chi connectivity index (χ0) is 16.1. The second kappa shape index (κ2) is 7.33. The zero-order valence-electron chi connectivity index (χ0n) is 12.0. The van der Waals surface area contributed by atoms with E-state index in [0.717, 1.165) is 10.2 Å². The van der Waals surface area contributed by atoms with Crippen LogP contribution in [0.1, 0.15) is 16.1 Å². The number of hydrogen-bond donors (Lipinski definition) is 2. The second-order valence-corrected chi connectivity index (χ2v) is 5.66. The van der Waals surface area contributed by atoms with Crippen molar-refractivity contribution >= 4 is 45.0 Å². The van der Waals surface area contributed by atoms with Crippen molar-refractivity contribution < 1.29 is 9.53 Å². The highest BCUT2D eigenvalue weighted by atomic mass is 79.9. The summed E-state index contributed by atoms with van der Waals surface area (Å²) in [6.07, 6.45) is 0. The van der Waals surface area contributed by atoms with Gasteiger partial charge in [0.25, 0.3) is 5.91 Å². The molecule has 1 aromatic heterocycles. The number of aryl methyl sites for hydroxylation is 1. The summed E-state index contributed by atoms with van der Waals surface area (Å²) in [4.78, 5) is 16.4. The number of benzene rings is 1. The third kappa shape index (κ3) is 4.25. The topological polar surface area (TPSA) is 63.2 Å². The maximum atomic E-state index is 12.1. The SMILES string of the molecule is COc1ccc(C(=O)NC(=S)Nc2ccc(Br)c(C)n2)cc1. The minimum atomic E-state index is -0.297. The van der Waals surface area contributed by atoms with Crippen molar-refractivity contribution in [3.05, 3.63) is 52.1 Å². The highest BCUT2D eigenvalue weighted by Crippen LogP contribution is 2.16. The largest absolute Gasteiger partial charge is 0.497 e. The van der Waals surface area contributed by atoms with Crippen molar-refractivity contribution in [3.63, 3.8) is 0 Å². The predicted molar refractivity (Wildman–Crippen MR) is 93.4 cm³/mol. The van der Waals surface area contributed by atoms with Gasteiger partial charge in [-0.25, -0.2) is 4.98 Å². The molecule has 0 aliphatic carbocycles. The Kier molecular flexibility index (Phi) is 5.46. The molecule has 2 rings (SSSR count). The summed E-state index contributed by atoms with van der Waals surface area (Å²) < 4.78 is 5.96. The molecular weight excluding hydrogens is 366 g/mol. The number of ether oxygens (including phenoxy) is 1. The van der Waals surface area contributed by atoms with E-state index in [-0.39, 0.29) is 11.0 Å². The Morgan fingerprint density at radius 1 is 1.23 bits per heavy atom.